The number of hydrogen-bond donors (Lipinski definition) is 4. The van der Waals surface area contributed by atoms with Gasteiger partial charge in [0, 0.05) is 37.1 Å². The van der Waals surface area contributed by atoms with Gasteiger partial charge in [0.05, 0.1) is 32.0 Å². The van der Waals surface area contributed by atoms with Crippen molar-refractivity contribution < 1.29 is 24.2 Å². The maximum absolute atomic E-state index is 13.3. The summed E-state index contributed by atoms with van der Waals surface area (Å²) in [5.74, 6) is 0.556. The van der Waals surface area contributed by atoms with Crippen LogP contribution in [0.5, 0.6) is 0 Å². The second kappa shape index (κ2) is 15.4. The first-order valence-corrected chi connectivity index (χ1v) is 13.9. The highest BCUT2D eigenvalue weighted by atomic mass is 35.5. The number of halogens is 1. The van der Waals surface area contributed by atoms with E-state index < -0.39 is 12.2 Å². The van der Waals surface area contributed by atoms with Gasteiger partial charge in [-0.25, -0.2) is 9.59 Å². The molecular formula is C27H43ClN4O5. The van der Waals surface area contributed by atoms with Gasteiger partial charge in [0.2, 0.25) is 0 Å². The highest BCUT2D eigenvalue weighted by Gasteiger charge is 2.33. The average Bonchev–Trinajstić information content (AvgIpc) is 2.92. The molecule has 4 unspecified atom stereocenters. The zero-order valence-electron chi connectivity index (χ0n) is 21.9. The maximum Gasteiger partial charge on any atom is 0.406 e. The number of aliphatic hydroxyl groups is 1. The Morgan fingerprint density at radius 1 is 1.22 bits per heavy atom. The van der Waals surface area contributed by atoms with Gasteiger partial charge in [-0.2, -0.15) is 0 Å². The van der Waals surface area contributed by atoms with E-state index in [1.54, 1.807) is 0 Å². The summed E-state index contributed by atoms with van der Waals surface area (Å²) in [5, 5.41) is 16.9. The highest BCUT2D eigenvalue weighted by Crippen LogP contribution is 2.34. The molecule has 3 rings (SSSR count). The summed E-state index contributed by atoms with van der Waals surface area (Å²) in [6, 6.07) is 7.03. The zero-order valence-corrected chi connectivity index (χ0v) is 22.6. The molecule has 37 heavy (non-hydrogen) atoms. The average molecular weight is 539 g/mol. The smallest absolute Gasteiger partial charge is 0.406 e. The molecule has 5 N–H and O–H groups in total. The number of aliphatic hydroxyl groups excluding tert-OH is 1. The standard InChI is InChI=1S/C27H43ClN4O5/c1-36-27(35)30-12-14-37-25(20-9-5-11-22(28)16-20)21-10-6-13-32(18-21)26(34)31-23(24(33)17-29)15-19-7-3-2-4-8-19/h5,9,11,16,19,21,23-25,33H,2-4,6-8,10,12-15,17-18,29H2,1H3,(H,30,35)(H,31,34). The Balaban J connectivity index is 1.65. The molecule has 1 saturated heterocycles. The van der Waals surface area contributed by atoms with Crippen molar-refractivity contribution in [3.8, 4) is 0 Å². The van der Waals surface area contributed by atoms with Crippen LogP contribution >= 0.6 is 11.6 Å². The fraction of sp³-hybridized carbons (Fsp3) is 0.704. The summed E-state index contributed by atoms with van der Waals surface area (Å²) in [7, 11) is 1.32. The van der Waals surface area contributed by atoms with E-state index in [0.717, 1.165) is 37.7 Å². The molecule has 4 atom stereocenters. The molecule has 1 aromatic rings. The second-order valence-electron chi connectivity index (χ2n) is 10.2. The number of nitrogens with zero attached hydrogens (tertiary/aromatic N) is 1. The Bertz CT molecular complexity index is 854. The van der Waals surface area contributed by atoms with Crippen molar-refractivity contribution in [3.63, 3.8) is 0 Å². The Kier molecular flexibility index (Phi) is 12.2. The van der Waals surface area contributed by atoms with E-state index in [4.69, 9.17) is 22.1 Å². The lowest BCUT2D eigenvalue weighted by molar-refractivity contribution is -0.00902. The molecule has 0 spiro atoms. The summed E-state index contributed by atoms with van der Waals surface area (Å²) < 4.78 is 10.9. The van der Waals surface area contributed by atoms with Gasteiger partial charge in [-0.3, -0.25) is 0 Å². The number of rotatable bonds is 11. The molecule has 1 heterocycles. The molecule has 0 radical (unpaired) electrons. The van der Waals surface area contributed by atoms with Gasteiger partial charge in [0.25, 0.3) is 0 Å². The third kappa shape index (κ3) is 9.32. The summed E-state index contributed by atoms with van der Waals surface area (Å²) in [4.78, 5) is 26.5. The number of urea groups is 1. The number of nitrogens with one attached hydrogen (secondary N) is 2. The largest absolute Gasteiger partial charge is 0.453 e. The first-order valence-electron chi connectivity index (χ1n) is 13.5. The third-order valence-corrected chi connectivity index (χ3v) is 7.77. The second-order valence-corrected chi connectivity index (χ2v) is 10.6. The monoisotopic (exact) mass is 538 g/mol. The van der Waals surface area contributed by atoms with Crippen LogP contribution in [0.2, 0.25) is 5.02 Å². The van der Waals surface area contributed by atoms with Crippen LogP contribution in [-0.2, 0) is 9.47 Å². The Morgan fingerprint density at radius 3 is 2.70 bits per heavy atom. The molecule has 2 fully saturated rings. The van der Waals surface area contributed by atoms with Gasteiger partial charge >= 0.3 is 12.1 Å². The fourth-order valence-electron chi connectivity index (χ4n) is 5.55. The topological polar surface area (TPSA) is 126 Å². The van der Waals surface area contributed by atoms with Crippen LogP contribution in [0.3, 0.4) is 0 Å². The number of carbonyl (C=O) groups excluding carboxylic acids is 2. The van der Waals surface area contributed by atoms with E-state index in [0.29, 0.717) is 37.2 Å². The first-order chi connectivity index (χ1) is 17.9. The quantitative estimate of drug-likeness (QED) is 0.317. The van der Waals surface area contributed by atoms with Crippen molar-refractivity contribution >= 4 is 23.7 Å². The van der Waals surface area contributed by atoms with Crippen LogP contribution in [0.15, 0.2) is 24.3 Å². The van der Waals surface area contributed by atoms with E-state index in [-0.39, 0.29) is 30.6 Å². The van der Waals surface area contributed by atoms with Crippen LogP contribution in [0.1, 0.15) is 63.0 Å². The number of hydrogen-bond acceptors (Lipinski definition) is 6. The van der Waals surface area contributed by atoms with E-state index in [2.05, 4.69) is 15.4 Å². The highest BCUT2D eigenvalue weighted by molar-refractivity contribution is 6.30. The molecule has 1 aromatic carbocycles. The molecule has 208 valence electrons. The summed E-state index contributed by atoms with van der Waals surface area (Å²) in [5.41, 5.74) is 6.72. The predicted octanol–water partition coefficient (Wildman–Crippen LogP) is 3.83. The molecule has 1 aliphatic carbocycles. The minimum atomic E-state index is -0.767. The van der Waals surface area contributed by atoms with Gasteiger partial charge in [0.15, 0.2) is 0 Å². The van der Waals surface area contributed by atoms with Crippen molar-refractivity contribution in [1.82, 2.24) is 15.5 Å². The number of nitrogens with two attached hydrogens (primary N) is 1. The Hall–Kier alpha value is -2.07. The maximum atomic E-state index is 13.3. The zero-order chi connectivity index (χ0) is 26.6. The molecule has 1 saturated carbocycles. The van der Waals surface area contributed by atoms with Crippen molar-refractivity contribution in [2.75, 3.05) is 39.9 Å². The number of carbonyl (C=O) groups is 2. The third-order valence-electron chi connectivity index (χ3n) is 7.53. The number of benzene rings is 1. The SMILES string of the molecule is COC(=O)NCCOC(c1cccc(Cl)c1)C1CCCN(C(=O)NC(CC2CCCCC2)C(O)CN)C1. The van der Waals surface area contributed by atoms with Gasteiger partial charge < -0.3 is 35.8 Å². The molecule has 10 heteroatoms. The van der Waals surface area contributed by atoms with Crippen molar-refractivity contribution in [2.45, 2.75) is 69.6 Å². The molecular weight excluding hydrogens is 496 g/mol. The van der Waals surface area contributed by atoms with Crippen LogP contribution in [0, 0.1) is 11.8 Å². The van der Waals surface area contributed by atoms with Gasteiger partial charge in [-0.15, -0.1) is 0 Å². The van der Waals surface area contributed by atoms with E-state index in [1.807, 2.05) is 29.2 Å². The lowest BCUT2D eigenvalue weighted by atomic mass is 9.83. The number of methoxy groups -OCH3 is 1. The summed E-state index contributed by atoms with van der Waals surface area (Å²) in [6.07, 6.45) is 6.87. The van der Waals surface area contributed by atoms with Crippen LogP contribution in [-0.4, -0.2) is 74.2 Å². The normalized spacial score (nSPS) is 21.1. The number of piperidine rings is 1. The number of likely N-dealkylation sites (tertiary alicyclic amines) is 1. The van der Waals surface area contributed by atoms with Crippen LogP contribution in [0.4, 0.5) is 9.59 Å². The fourth-order valence-corrected chi connectivity index (χ4v) is 5.75. The summed E-state index contributed by atoms with van der Waals surface area (Å²) in [6.45, 7) is 1.87. The number of amides is 3. The first kappa shape index (κ1) is 29.5. The Morgan fingerprint density at radius 2 is 2.00 bits per heavy atom. The Labute approximate surface area is 225 Å². The van der Waals surface area contributed by atoms with Crippen molar-refractivity contribution in [2.24, 2.45) is 17.6 Å². The predicted molar refractivity (Wildman–Crippen MR) is 143 cm³/mol. The molecule has 2 aliphatic rings. The van der Waals surface area contributed by atoms with E-state index >= 15 is 0 Å². The lowest BCUT2D eigenvalue weighted by Gasteiger charge is -2.38. The molecule has 1 aliphatic heterocycles. The van der Waals surface area contributed by atoms with Crippen LogP contribution in [0.25, 0.3) is 0 Å². The van der Waals surface area contributed by atoms with E-state index in [9.17, 15) is 14.7 Å². The molecule has 0 bridgehead atoms. The van der Waals surface area contributed by atoms with Gasteiger partial charge in [-0.1, -0.05) is 55.8 Å². The summed E-state index contributed by atoms with van der Waals surface area (Å²) >= 11 is 6.27. The molecule has 9 nitrogen and oxygen atoms in total. The van der Waals surface area contributed by atoms with Crippen molar-refractivity contribution in [3.05, 3.63) is 34.9 Å². The van der Waals surface area contributed by atoms with E-state index in [1.165, 1.54) is 26.4 Å². The number of ether oxygens (including phenoxy) is 2. The molecule has 3 amide bonds. The molecule has 0 aromatic heterocycles. The van der Waals surface area contributed by atoms with Crippen LogP contribution < -0.4 is 16.4 Å². The lowest BCUT2D eigenvalue weighted by Crippen LogP contribution is -2.54. The minimum Gasteiger partial charge on any atom is -0.453 e. The minimum absolute atomic E-state index is 0.0484. The van der Waals surface area contributed by atoms with Gasteiger partial charge in [0.1, 0.15) is 0 Å². The van der Waals surface area contributed by atoms with Crippen molar-refractivity contribution in [1.29, 1.82) is 0 Å². The number of alkyl carbamates (subject to hydrolysis) is 1. The van der Waals surface area contributed by atoms with Gasteiger partial charge in [-0.05, 0) is 42.9 Å².